The van der Waals surface area contributed by atoms with Crippen molar-refractivity contribution in [2.24, 2.45) is 5.92 Å². The summed E-state index contributed by atoms with van der Waals surface area (Å²) in [6.07, 6.45) is 3.33. The summed E-state index contributed by atoms with van der Waals surface area (Å²) in [6.45, 7) is 0. The van der Waals surface area contributed by atoms with Crippen molar-refractivity contribution in [1.29, 1.82) is 0 Å². The first-order chi connectivity index (χ1) is 7.54. The smallest absolute Gasteiger partial charge is 0.106 e. The number of hydrogen-bond acceptors (Lipinski definition) is 2. The van der Waals surface area contributed by atoms with Gasteiger partial charge >= 0.3 is 0 Å². The molecular weight excluding hydrogens is 214 g/mol. The van der Waals surface area contributed by atoms with Crippen LogP contribution in [0.4, 0.5) is 8.78 Å². The molecule has 0 aliphatic heterocycles. The van der Waals surface area contributed by atoms with Crippen LogP contribution in [0.1, 0.15) is 32.1 Å². The molecule has 0 saturated heterocycles. The third kappa shape index (κ3) is 1.92. The number of aliphatic hydroxyl groups excluding tert-OH is 1. The van der Waals surface area contributed by atoms with Gasteiger partial charge in [0, 0.05) is 12.3 Å². The van der Waals surface area contributed by atoms with E-state index in [-0.39, 0.29) is 6.42 Å². The first kappa shape index (κ1) is 11.7. The molecule has 0 amide bonds. The van der Waals surface area contributed by atoms with Gasteiger partial charge in [0.25, 0.3) is 0 Å². The van der Waals surface area contributed by atoms with Gasteiger partial charge in [-0.25, -0.2) is 8.78 Å². The largest absolute Gasteiger partial charge is 0.390 e. The Morgan fingerprint density at radius 3 is 2.69 bits per heavy atom. The maximum Gasteiger partial charge on any atom is 0.106 e. The van der Waals surface area contributed by atoms with Gasteiger partial charge in [0.1, 0.15) is 11.7 Å². The summed E-state index contributed by atoms with van der Waals surface area (Å²) in [5.74, 6) is -1.92. The van der Waals surface area contributed by atoms with Crippen molar-refractivity contribution in [3.05, 3.63) is 23.8 Å². The van der Waals surface area contributed by atoms with Gasteiger partial charge in [-0.15, -0.1) is 0 Å². The molecule has 16 heavy (non-hydrogen) atoms. The molecule has 0 heterocycles. The molecule has 4 heteroatoms. The summed E-state index contributed by atoms with van der Waals surface area (Å²) < 4.78 is 26.7. The van der Waals surface area contributed by atoms with E-state index in [1.54, 1.807) is 0 Å². The van der Waals surface area contributed by atoms with Gasteiger partial charge in [-0.1, -0.05) is 12.8 Å². The van der Waals surface area contributed by atoms with Crippen LogP contribution in [0.15, 0.2) is 23.8 Å². The zero-order valence-corrected chi connectivity index (χ0v) is 9.00. The Hall–Kier alpha value is -0.740. The lowest BCUT2D eigenvalue weighted by Gasteiger charge is -2.42. The van der Waals surface area contributed by atoms with Crippen LogP contribution in [-0.4, -0.2) is 21.9 Å². The van der Waals surface area contributed by atoms with Crippen molar-refractivity contribution in [1.82, 2.24) is 0 Å². The van der Waals surface area contributed by atoms with Gasteiger partial charge in [0.15, 0.2) is 0 Å². The van der Waals surface area contributed by atoms with Crippen LogP contribution in [0.2, 0.25) is 0 Å². The van der Waals surface area contributed by atoms with E-state index < -0.39 is 29.3 Å². The minimum atomic E-state index is -1.51. The zero-order valence-electron chi connectivity index (χ0n) is 9.00. The van der Waals surface area contributed by atoms with E-state index >= 15 is 0 Å². The van der Waals surface area contributed by atoms with Gasteiger partial charge in [0.05, 0.1) is 11.7 Å². The van der Waals surface area contributed by atoms with Crippen LogP contribution in [0.25, 0.3) is 0 Å². The fourth-order valence-electron chi connectivity index (χ4n) is 2.63. The first-order valence-electron chi connectivity index (χ1n) is 5.66. The lowest BCUT2D eigenvalue weighted by Crippen LogP contribution is -2.51. The van der Waals surface area contributed by atoms with E-state index in [0.717, 1.165) is 25.0 Å². The second-order valence-electron chi connectivity index (χ2n) is 4.67. The highest BCUT2D eigenvalue weighted by atomic mass is 19.1. The lowest BCUT2D eigenvalue weighted by molar-refractivity contribution is -0.132. The molecule has 2 aliphatic rings. The van der Waals surface area contributed by atoms with Gasteiger partial charge < -0.3 is 10.2 Å². The molecule has 0 aromatic carbocycles. The molecule has 0 aromatic heterocycles. The Labute approximate surface area is 93.3 Å². The fourth-order valence-corrected chi connectivity index (χ4v) is 2.63. The molecule has 0 bridgehead atoms. The average molecular weight is 230 g/mol. The Morgan fingerprint density at radius 1 is 1.25 bits per heavy atom. The van der Waals surface area contributed by atoms with E-state index in [9.17, 15) is 19.0 Å². The van der Waals surface area contributed by atoms with Gasteiger partial charge in [0.2, 0.25) is 0 Å². The summed E-state index contributed by atoms with van der Waals surface area (Å²) in [7, 11) is 0. The summed E-state index contributed by atoms with van der Waals surface area (Å²) in [4.78, 5) is 0. The molecular formula is C12H16F2O2. The Balaban J connectivity index is 2.23. The number of halogens is 2. The van der Waals surface area contributed by atoms with E-state index in [2.05, 4.69) is 0 Å². The first-order valence-corrected chi connectivity index (χ1v) is 5.66. The topological polar surface area (TPSA) is 40.5 Å². The molecule has 0 spiro atoms. The summed E-state index contributed by atoms with van der Waals surface area (Å²) >= 11 is 0. The highest BCUT2D eigenvalue weighted by molar-refractivity contribution is 5.23. The Kier molecular flexibility index (Phi) is 3.13. The van der Waals surface area contributed by atoms with Crippen LogP contribution in [0.3, 0.4) is 0 Å². The molecule has 1 fully saturated rings. The molecule has 0 radical (unpaired) electrons. The molecule has 3 atom stereocenters. The van der Waals surface area contributed by atoms with Crippen molar-refractivity contribution in [2.45, 2.75) is 43.8 Å². The van der Waals surface area contributed by atoms with Crippen molar-refractivity contribution < 1.29 is 19.0 Å². The highest BCUT2D eigenvalue weighted by Crippen LogP contribution is 2.43. The molecule has 1 saturated carbocycles. The quantitative estimate of drug-likeness (QED) is 0.726. The predicted octanol–water partition coefficient (Wildman–Crippen LogP) is 2.38. The molecule has 2 N–H and O–H groups in total. The van der Waals surface area contributed by atoms with Crippen LogP contribution in [0.5, 0.6) is 0 Å². The maximum atomic E-state index is 13.6. The zero-order chi connectivity index (χ0) is 11.8. The minimum Gasteiger partial charge on any atom is -0.390 e. The predicted molar refractivity (Wildman–Crippen MR) is 55.9 cm³/mol. The Bertz CT molecular complexity index is 338. The molecule has 0 aromatic rings. The van der Waals surface area contributed by atoms with E-state index in [1.165, 1.54) is 0 Å². The van der Waals surface area contributed by atoms with Gasteiger partial charge in [-0.2, -0.15) is 0 Å². The minimum absolute atomic E-state index is 0.157. The SMILES string of the molecule is OC1CCCCC1(O)C1CC(F)=CC=C1F. The molecule has 2 aliphatic carbocycles. The molecule has 90 valence electrons. The highest BCUT2D eigenvalue weighted by Gasteiger charge is 2.47. The van der Waals surface area contributed by atoms with Crippen molar-refractivity contribution in [2.75, 3.05) is 0 Å². The monoisotopic (exact) mass is 230 g/mol. The van der Waals surface area contributed by atoms with Crippen LogP contribution >= 0.6 is 0 Å². The number of hydrogen-bond donors (Lipinski definition) is 2. The summed E-state index contributed by atoms with van der Waals surface area (Å²) in [5, 5.41) is 20.1. The van der Waals surface area contributed by atoms with Gasteiger partial charge in [-0.05, 0) is 25.0 Å². The normalized spacial score (nSPS) is 40.2. The standard InChI is InChI=1S/C12H16F2O2/c13-8-4-5-10(14)9(7-8)12(16)6-2-1-3-11(12)15/h4-5,9,11,15-16H,1-3,6-7H2. The third-order valence-corrected chi connectivity index (χ3v) is 3.64. The molecule has 2 nitrogen and oxygen atoms in total. The van der Waals surface area contributed by atoms with E-state index in [1.807, 2.05) is 0 Å². The number of rotatable bonds is 1. The summed E-state index contributed by atoms with van der Waals surface area (Å²) in [5.41, 5.74) is -1.51. The van der Waals surface area contributed by atoms with Crippen molar-refractivity contribution in [3.63, 3.8) is 0 Å². The second kappa shape index (κ2) is 4.26. The summed E-state index contributed by atoms with van der Waals surface area (Å²) in [6, 6.07) is 0. The van der Waals surface area contributed by atoms with Crippen LogP contribution < -0.4 is 0 Å². The van der Waals surface area contributed by atoms with Crippen LogP contribution in [-0.2, 0) is 0 Å². The van der Waals surface area contributed by atoms with Crippen LogP contribution in [0, 0.1) is 5.92 Å². The third-order valence-electron chi connectivity index (χ3n) is 3.64. The maximum absolute atomic E-state index is 13.6. The lowest BCUT2D eigenvalue weighted by atomic mass is 9.71. The number of allylic oxidation sites excluding steroid dienone is 3. The van der Waals surface area contributed by atoms with Crippen molar-refractivity contribution >= 4 is 0 Å². The molecule has 3 unspecified atom stereocenters. The fraction of sp³-hybridized carbons (Fsp3) is 0.667. The average Bonchev–Trinajstić information content (AvgIpc) is 2.26. The van der Waals surface area contributed by atoms with E-state index in [4.69, 9.17) is 0 Å². The number of aliphatic hydroxyl groups is 2. The Morgan fingerprint density at radius 2 is 2.00 bits per heavy atom. The van der Waals surface area contributed by atoms with Gasteiger partial charge in [-0.3, -0.25) is 0 Å². The molecule has 2 rings (SSSR count). The van der Waals surface area contributed by atoms with E-state index in [0.29, 0.717) is 12.8 Å². The second-order valence-corrected chi connectivity index (χ2v) is 4.67. The van der Waals surface area contributed by atoms with Crippen molar-refractivity contribution in [3.8, 4) is 0 Å².